The summed E-state index contributed by atoms with van der Waals surface area (Å²) in [6.45, 7) is 6.77. The van der Waals surface area contributed by atoms with Gasteiger partial charge in [0.25, 0.3) is 0 Å². The summed E-state index contributed by atoms with van der Waals surface area (Å²) in [4.78, 5) is 12.4. The molecule has 6 heteroatoms. The standard InChI is InChI=1S/C17H26N2O3S/c1-4-10-23(21,22)19-9-5-6-16(19)17(20)18-12-15-8-7-13(2)11-14(15)3/h7-8,11,16H,4-6,9-10,12H2,1-3H3,(H,18,20). The van der Waals surface area contributed by atoms with Gasteiger partial charge in [-0.15, -0.1) is 0 Å². The second-order valence-electron chi connectivity index (χ2n) is 6.23. The Bertz CT molecular complexity index is 670. The van der Waals surface area contributed by atoms with E-state index in [-0.39, 0.29) is 11.7 Å². The molecule has 0 spiro atoms. The Morgan fingerprint density at radius 1 is 1.35 bits per heavy atom. The molecule has 1 N–H and O–H groups in total. The number of hydrogen-bond donors (Lipinski definition) is 1. The fourth-order valence-electron chi connectivity index (χ4n) is 3.05. The average molecular weight is 338 g/mol. The van der Waals surface area contributed by atoms with Crippen molar-refractivity contribution in [3.63, 3.8) is 0 Å². The van der Waals surface area contributed by atoms with Crippen molar-refractivity contribution in [2.45, 2.75) is 52.6 Å². The van der Waals surface area contributed by atoms with Gasteiger partial charge in [0.05, 0.1) is 5.75 Å². The molecule has 5 nitrogen and oxygen atoms in total. The minimum absolute atomic E-state index is 0.105. The van der Waals surface area contributed by atoms with Gasteiger partial charge in [-0.05, 0) is 44.2 Å². The molecule has 1 unspecified atom stereocenters. The molecular formula is C17H26N2O3S. The minimum atomic E-state index is -3.33. The average Bonchev–Trinajstić information content (AvgIpc) is 2.96. The van der Waals surface area contributed by atoms with Crippen LogP contribution in [0.15, 0.2) is 18.2 Å². The van der Waals surface area contributed by atoms with Crippen LogP contribution in [0.25, 0.3) is 0 Å². The first-order valence-electron chi connectivity index (χ1n) is 8.18. The van der Waals surface area contributed by atoms with Crippen molar-refractivity contribution in [3.8, 4) is 0 Å². The fraction of sp³-hybridized carbons (Fsp3) is 0.588. The van der Waals surface area contributed by atoms with Gasteiger partial charge in [0.1, 0.15) is 6.04 Å². The number of nitrogens with zero attached hydrogens (tertiary/aromatic N) is 1. The summed E-state index contributed by atoms with van der Waals surface area (Å²) in [5.74, 6) is -0.0874. The molecule has 1 aromatic rings. The van der Waals surface area contributed by atoms with Gasteiger partial charge in [0.15, 0.2) is 0 Å². The molecule has 1 fully saturated rings. The third kappa shape index (κ3) is 4.32. The van der Waals surface area contributed by atoms with Crippen LogP contribution in [0.3, 0.4) is 0 Å². The number of nitrogens with one attached hydrogen (secondary N) is 1. The number of aryl methyl sites for hydroxylation is 2. The van der Waals surface area contributed by atoms with E-state index in [1.54, 1.807) is 0 Å². The molecule has 23 heavy (non-hydrogen) atoms. The SMILES string of the molecule is CCCS(=O)(=O)N1CCCC1C(=O)NCc1ccc(C)cc1C. The molecule has 128 valence electrons. The van der Waals surface area contributed by atoms with Crippen LogP contribution in [0.1, 0.15) is 42.9 Å². The number of sulfonamides is 1. The van der Waals surface area contributed by atoms with Crippen LogP contribution in [0, 0.1) is 13.8 Å². The summed E-state index contributed by atoms with van der Waals surface area (Å²) in [6.07, 6.45) is 1.90. The van der Waals surface area contributed by atoms with E-state index in [9.17, 15) is 13.2 Å². The maximum atomic E-state index is 12.4. The fourth-order valence-corrected chi connectivity index (χ4v) is 4.80. The zero-order chi connectivity index (χ0) is 17.0. The maximum absolute atomic E-state index is 12.4. The number of benzene rings is 1. The van der Waals surface area contributed by atoms with Crippen LogP contribution in [-0.4, -0.2) is 37.0 Å². The molecule has 1 aromatic carbocycles. The van der Waals surface area contributed by atoms with Gasteiger partial charge in [0, 0.05) is 13.1 Å². The van der Waals surface area contributed by atoms with Crippen LogP contribution >= 0.6 is 0 Å². The van der Waals surface area contributed by atoms with Crippen LogP contribution in [0.5, 0.6) is 0 Å². The van der Waals surface area contributed by atoms with Crippen LogP contribution in [0.4, 0.5) is 0 Å². The topological polar surface area (TPSA) is 66.5 Å². The Labute approximate surface area is 139 Å². The summed E-state index contributed by atoms with van der Waals surface area (Å²) in [6, 6.07) is 5.54. The van der Waals surface area contributed by atoms with Gasteiger partial charge in [-0.25, -0.2) is 8.42 Å². The molecule has 1 aliphatic heterocycles. The quantitative estimate of drug-likeness (QED) is 0.864. The molecule has 2 rings (SSSR count). The molecule has 1 atom stereocenters. The van der Waals surface area contributed by atoms with E-state index in [1.807, 2.05) is 32.9 Å². The lowest BCUT2D eigenvalue weighted by atomic mass is 10.1. The number of hydrogen-bond acceptors (Lipinski definition) is 3. The van der Waals surface area contributed by atoms with Crippen LogP contribution in [0.2, 0.25) is 0 Å². The molecule has 0 bridgehead atoms. The first-order valence-corrected chi connectivity index (χ1v) is 9.79. The van der Waals surface area contributed by atoms with Crippen LogP contribution in [-0.2, 0) is 21.4 Å². The second-order valence-corrected chi connectivity index (χ2v) is 8.27. The van der Waals surface area contributed by atoms with Crippen molar-refractivity contribution < 1.29 is 13.2 Å². The molecule has 1 aliphatic rings. The molecule has 1 amide bonds. The van der Waals surface area contributed by atoms with E-state index in [4.69, 9.17) is 0 Å². The summed E-state index contributed by atoms with van der Waals surface area (Å²) < 4.78 is 25.9. The van der Waals surface area contributed by atoms with Crippen molar-refractivity contribution in [2.24, 2.45) is 0 Å². The lowest BCUT2D eigenvalue weighted by Crippen LogP contribution is -2.46. The van der Waals surface area contributed by atoms with Crippen molar-refractivity contribution in [1.82, 2.24) is 9.62 Å². The maximum Gasteiger partial charge on any atom is 0.238 e. The first kappa shape index (κ1) is 17.9. The summed E-state index contributed by atoms with van der Waals surface area (Å²) >= 11 is 0. The first-order chi connectivity index (χ1) is 10.8. The van der Waals surface area contributed by atoms with Crippen molar-refractivity contribution in [1.29, 1.82) is 0 Å². The largest absolute Gasteiger partial charge is 0.351 e. The van der Waals surface area contributed by atoms with Crippen molar-refractivity contribution in [3.05, 3.63) is 34.9 Å². The smallest absolute Gasteiger partial charge is 0.238 e. The lowest BCUT2D eigenvalue weighted by molar-refractivity contribution is -0.124. The molecule has 0 aromatic heterocycles. The molecular weight excluding hydrogens is 312 g/mol. The van der Waals surface area contributed by atoms with E-state index in [2.05, 4.69) is 11.4 Å². The Morgan fingerprint density at radius 2 is 2.09 bits per heavy atom. The second kappa shape index (κ2) is 7.45. The normalized spacial score (nSPS) is 19.0. The Morgan fingerprint density at radius 3 is 2.74 bits per heavy atom. The highest BCUT2D eigenvalue weighted by molar-refractivity contribution is 7.89. The molecule has 0 saturated carbocycles. The van der Waals surface area contributed by atoms with E-state index in [1.165, 1.54) is 9.87 Å². The van der Waals surface area contributed by atoms with Gasteiger partial charge >= 0.3 is 0 Å². The number of carbonyl (C=O) groups excluding carboxylic acids is 1. The van der Waals surface area contributed by atoms with E-state index in [0.717, 1.165) is 17.5 Å². The molecule has 1 saturated heterocycles. The highest BCUT2D eigenvalue weighted by atomic mass is 32.2. The van der Waals surface area contributed by atoms with Gasteiger partial charge in [-0.2, -0.15) is 4.31 Å². The lowest BCUT2D eigenvalue weighted by Gasteiger charge is -2.23. The van der Waals surface area contributed by atoms with E-state index >= 15 is 0 Å². The highest BCUT2D eigenvalue weighted by Crippen LogP contribution is 2.22. The Kier molecular flexibility index (Phi) is 5.81. The highest BCUT2D eigenvalue weighted by Gasteiger charge is 2.37. The van der Waals surface area contributed by atoms with Gasteiger partial charge in [0.2, 0.25) is 15.9 Å². The van der Waals surface area contributed by atoms with Crippen molar-refractivity contribution in [2.75, 3.05) is 12.3 Å². The summed E-state index contributed by atoms with van der Waals surface area (Å²) in [7, 11) is -3.33. The predicted octanol–water partition coefficient (Wildman–Crippen LogP) is 2.12. The molecule has 1 heterocycles. The summed E-state index contributed by atoms with van der Waals surface area (Å²) in [5, 5.41) is 2.90. The number of carbonyl (C=O) groups is 1. The van der Waals surface area contributed by atoms with E-state index in [0.29, 0.717) is 25.9 Å². The van der Waals surface area contributed by atoms with Gasteiger partial charge in [-0.3, -0.25) is 4.79 Å². The third-order valence-electron chi connectivity index (χ3n) is 4.28. The monoisotopic (exact) mass is 338 g/mol. The number of amides is 1. The minimum Gasteiger partial charge on any atom is -0.351 e. The predicted molar refractivity (Wildman–Crippen MR) is 91.6 cm³/mol. The number of rotatable bonds is 6. The third-order valence-corrected chi connectivity index (χ3v) is 6.35. The molecule has 0 aliphatic carbocycles. The van der Waals surface area contributed by atoms with Crippen LogP contribution < -0.4 is 5.32 Å². The van der Waals surface area contributed by atoms with E-state index < -0.39 is 16.1 Å². The summed E-state index contributed by atoms with van der Waals surface area (Å²) in [5.41, 5.74) is 3.38. The zero-order valence-corrected chi connectivity index (χ0v) is 14.9. The van der Waals surface area contributed by atoms with Gasteiger partial charge in [-0.1, -0.05) is 30.7 Å². The molecule has 0 radical (unpaired) electrons. The van der Waals surface area contributed by atoms with Gasteiger partial charge < -0.3 is 5.32 Å². The Balaban J connectivity index is 2.02. The van der Waals surface area contributed by atoms with Crippen molar-refractivity contribution >= 4 is 15.9 Å². The Hall–Kier alpha value is -1.40. The zero-order valence-electron chi connectivity index (χ0n) is 14.1.